The normalized spacial score (nSPS) is 14.0. The van der Waals surface area contributed by atoms with E-state index in [1.165, 1.54) is 6.42 Å². The van der Waals surface area contributed by atoms with Crippen LogP contribution in [0, 0.1) is 0 Å². The zero-order valence-corrected chi connectivity index (χ0v) is 16.7. The fraction of sp³-hybridized carbons (Fsp3) is 0.524. The molecule has 1 aromatic carbocycles. The van der Waals surface area contributed by atoms with Crippen molar-refractivity contribution in [1.29, 1.82) is 0 Å². The number of allylic oxidation sites excluding steroid dienone is 2. The van der Waals surface area contributed by atoms with Gasteiger partial charge < -0.3 is 15.0 Å². The average molecular weight is 373 g/mol. The van der Waals surface area contributed by atoms with E-state index in [1.54, 1.807) is 14.2 Å². The minimum atomic E-state index is -0.0976. The molecule has 1 aromatic rings. The Kier molecular flexibility index (Phi) is 8.48. The van der Waals surface area contributed by atoms with Gasteiger partial charge in [-0.2, -0.15) is 0 Å². The first kappa shape index (κ1) is 21.1. The van der Waals surface area contributed by atoms with Crippen molar-refractivity contribution in [2.24, 2.45) is 0 Å². The van der Waals surface area contributed by atoms with Crippen LogP contribution in [-0.4, -0.2) is 62.5 Å². The van der Waals surface area contributed by atoms with E-state index in [-0.39, 0.29) is 11.8 Å². The zero-order chi connectivity index (χ0) is 19.6. The second kappa shape index (κ2) is 10.8. The molecular weight excluding hydrogens is 342 g/mol. The lowest BCUT2D eigenvalue weighted by Crippen LogP contribution is -2.40. The van der Waals surface area contributed by atoms with E-state index in [1.807, 2.05) is 41.1 Å². The standard InChI is InChI=1S/C21H31N3O3/c1-22-21(26)18-11-9-17(10-12-18)15-23(2)16-20(25)24(13-14-27-3)19-7-5-4-6-8-19/h7,9-12H,4-6,8,13-16H2,1-3H3,(H,22,26). The van der Waals surface area contributed by atoms with E-state index < -0.39 is 0 Å². The van der Waals surface area contributed by atoms with Crippen molar-refractivity contribution < 1.29 is 14.3 Å². The predicted octanol–water partition coefficient (Wildman–Crippen LogP) is 2.41. The summed E-state index contributed by atoms with van der Waals surface area (Å²) in [6.07, 6.45) is 6.52. The third-order valence-electron chi connectivity index (χ3n) is 4.73. The summed E-state index contributed by atoms with van der Waals surface area (Å²) in [6.45, 7) is 2.12. The number of likely N-dealkylation sites (N-methyl/N-ethyl adjacent to an activating group) is 1. The van der Waals surface area contributed by atoms with Crippen molar-refractivity contribution in [2.75, 3.05) is 40.9 Å². The second-order valence-corrected chi connectivity index (χ2v) is 6.93. The molecule has 0 unspecified atom stereocenters. The molecule has 0 aliphatic heterocycles. The Morgan fingerprint density at radius 3 is 2.52 bits per heavy atom. The van der Waals surface area contributed by atoms with Crippen LogP contribution in [-0.2, 0) is 16.1 Å². The Bertz CT molecular complexity index is 655. The van der Waals surface area contributed by atoms with Crippen LogP contribution in [0.15, 0.2) is 36.0 Å². The molecular formula is C21H31N3O3. The molecule has 0 atom stereocenters. The molecule has 2 amide bonds. The molecule has 1 aliphatic rings. The maximum absolute atomic E-state index is 12.9. The molecule has 6 nitrogen and oxygen atoms in total. The van der Waals surface area contributed by atoms with Crippen LogP contribution in [0.25, 0.3) is 0 Å². The van der Waals surface area contributed by atoms with E-state index >= 15 is 0 Å². The molecule has 0 aromatic heterocycles. The lowest BCUT2D eigenvalue weighted by atomic mass is 10.0. The van der Waals surface area contributed by atoms with Gasteiger partial charge >= 0.3 is 0 Å². The van der Waals surface area contributed by atoms with E-state index in [9.17, 15) is 9.59 Å². The number of methoxy groups -OCH3 is 1. The van der Waals surface area contributed by atoms with Crippen LogP contribution >= 0.6 is 0 Å². The number of ether oxygens (including phenoxy) is 1. The van der Waals surface area contributed by atoms with Gasteiger partial charge in [-0.05, 0) is 50.4 Å². The van der Waals surface area contributed by atoms with Crippen molar-refractivity contribution in [3.63, 3.8) is 0 Å². The zero-order valence-electron chi connectivity index (χ0n) is 16.7. The van der Waals surface area contributed by atoms with Crippen LogP contribution in [0.2, 0.25) is 0 Å². The number of carbonyl (C=O) groups excluding carboxylic acids is 2. The van der Waals surface area contributed by atoms with Crippen molar-refractivity contribution in [3.05, 3.63) is 47.2 Å². The summed E-state index contributed by atoms with van der Waals surface area (Å²) in [5.74, 6) is 0.00399. The van der Waals surface area contributed by atoms with Crippen LogP contribution < -0.4 is 5.32 Å². The van der Waals surface area contributed by atoms with Gasteiger partial charge in [0.25, 0.3) is 5.91 Å². The number of nitrogens with zero attached hydrogens (tertiary/aromatic N) is 2. The number of carbonyl (C=O) groups is 2. The summed E-state index contributed by atoms with van der Waals surface area (Å²) >= 11 is 0. The van der Waals surface area contributed by atoms with Crippen LogP contribution in [0.5, 0.6) is 0 Å². The summed E-state index contributed by atoms with van der Waals surface area (Å²) in [5.41, 5.74) is 2.83. The van der Waals surface area contributed by atoms with Gasteiger partial charge in [-0.15, -0.1) is 0 Å². The molecule has 2 rings (SSSR count). The largest absolute Gasteiger partial charge is 0.383 e. The van der Waals surface area contributed by atoms with Gasteiger partial charge in [0, 0.05) is 38.5 Å². The minimum Gasteiger partial charge on any atom is -0.383 e. The lowest BCUT2D eigenvalue weighted by Gasteiger charge is -2.29. The molecule has 148 valence electrons. The number of hydrogen-bond acceptors (Lipinski definition) is 4. The first-order valence-corrected chi connectivity index (χ1v) is 9.53. The highest BCUT2D eigenvalue weighted by Crippen LogP contribution is 2.21. The SMILES string of the molecule is CNC(=O)c1ccc(CN(C)CC(=O)N(CCOC)C2=CCCCC2)cc1. The highest BCUT2D eigenvalue weighted by Gasteiger charge is 2.20. The Labute approximate surface area is 162 Å². The Morgan fingerprint density at radius 1 is 1.19 bits per heavy atom. The Balaban J connectivity index is 1.95. The summed E-state index contributed by atoms with van der Waals surface area (Å²) in [7, 11) is 5.22. The molecule has 0 fully saturated rings. The van der Waals surface area contributed by atoms with Crippen molar-refractivity contribution in [1.82, 2.24) is 15.1 Å². The van der Waals surface area contributed by atoms with Gasteiger partial charge in [0.15, 0.2) is 0 Å². The van der Waals surface area contributed by atoms with Crippen molar-refractivity contribution in [3.8, 4) is 0 Å². The smallest absolute Gasteiger partial charge is 0.251 e. The van der Waals surface area contributed by atoms with Crippen LogP contribution in [0.3, 0.4) is 0 Å². The quantitative estimate of drug-likeness (QED) is 0.722. The third-order valence-corrected chi connectivity index (χ3v) is 4.73. The molecule has 0 spiro atoms. The first-order chi connectivity index (χ1) is 13.0. The molecule has 0 saturated heterocycles. The summed E-state index contributed by atoms with van der Waals surface area (Å²) in [6, 6.07) is 7.47. The number of hydrogen-bond donors (Lipinski definition) is 1. The van der Waals surface area contributed by atoms with Gasteiger partial charge in [0.1, 0.15) is 0 Å². The summed E-state index contributed by atoms with van der Waals surface area (Å²) in [4.78, 5) is 28.4. The first-order valence-electron chi connectivity index (χ1n) is 9.53. The molecule has 1 aliphatic carbocycles. The van der Waals surface area contributed by atoms with Gasteiger partial charge in [-0.1, -0.05) is 18.2 Å². The molecule has 6 heteroatoms. The highest BCUT2D eigenvalue weighted by atomic mass is 16.5. The minimum absolute atomic E-state index is 0.0976. The van der Waals surface area contributed by atoms with E-state index in [4.69, 9.17) is 4.74 Å². The van der Waals surface area contributed by atoms with Crippen LogP contribution in [0.1, 0.15) is 41.6 Å². The molecule has 0 radical (unpaired) electrons. The average Bonchev–Trinajstić information content (AvgIpc) is 2.69. The topological polar surface area (TPSA) is 61.9 Å². The highest BCUT2D eigenvalue weighted by molar-refractivity contribution is 5.93. The van der Waals surface area contributed by atoms with Crippen LogP contribution in [0.4, 0.5) is 0 Å². The number of amides is 2. The Morgan fingerprint density at radius 2 is 1.93 bits per heavy atom. The molecule has 0 saturated carbocycles. The fourth-order valence-electron chi connectivity index (χ4n) is 3.27. The molecule has 1 N–H and O–H groups in total. The van der Waals surface area contributed by atoms with Gasteiger partial charge in [0.2, 0.25) is 5.91 Å². The van der Waals surface area contributed by atoms with Gasteiger partial charge in [-0.3, -0.25) is 14.5 Å². The van der Waals surface area contributed by atoms with E-state index in [0.717, 1.165) is 30.5 Å². The van der Waals surface area contributed by atoms with Crippen molar-refractivity contribution >= 4 is 11.8 Å². The fourth-order valence-corrected chi connectivity index (χ4v) is 3.27. The second-order valence-electron chi connectivity index (χ2n) is 6.93. The predicted molar refractivity (Wildman–Crippen MR) is 106 cm³/mol. The van der Waals surface area contributed by atoms with E-state index in [0.29, 0.717) is 31.8 Å². The molecule has 0 bridgehead atoms. The number of nitrogens with one attached hydrogen (secondary N) is 1. The maximum atomic E-state index is 12.9. The van der Waals surface area contributed by atoms with E-state index in [2.05, 4.69) is 11.4 Å². The van der Waals surface area contributed by atoms with Gasteiger partial charge in [0.05, 0.1) is 13.2 Å². The third kappa shape index (κ3) is 6.48. The Hall–Kier alpha value is -2.18. The summed E-state index contributed by atoms with van der Waals surface area (Å²) < 4.78 is 5.19. The molecule has 0 heterocycles. The van der Waals surface area contributed by atoms with Gasteiger partial charge in [-0.25, -0.2) is 0 Å². The number of benzene rings is 1. The maximum Gasteiger partial charge on any atom is 0.251 e. The number of rotatable bonds is 9. The van der Waals surface area contributed by atoms with Crippen molar-refractivity contribution in [2.45, 2.75) is 32.2 Å². The molecule has 27 heavy (non-hydrogen) atoms. The summed E-state index contributed by atoms with van der Waals surface area (Å²) in [5, 5.41) is 2.61. The monoisotopic (exact) mass is 373 g/mol. The lowest BCUT2D eigenvalue weighted by molar-refractivity contribution is -0.131.